The Morgan fingerprint density at radius 1 is 0.667 bits per heavy atom. The molecule has 0 amide bonds. The molecule has 6 rings (SSSR count). The van der Waals surface area contributed by atoms with Crippen molar-refractivity contribution in [3.8, 4) is 0 Å². The monoisotopic (exact) mass is 880 g/mol. The van der Waals surface area contributed by atoms with Crippen LogP contribution in [0.25, 0.3) is 0 Å². The molecule has 0 aliphatic carbocycles. The van der Waals surface area contributed by atoms with Gasteiger partial charge in [-0.1, -0.05) is 92.5 Å². The van der Waals surface area contributed by atoms with Crippen LogP contribution >= 0.6 is 42.5 Å². The lowest BCUT2D eigenvalue weighted by Gasteiger charge is -2.32. The topological polar surface area (TPSA) is 113 Å². The highest BCUT2D eigenvalue weighted by Gasteiger charge is 2.25. The Kier molecular flexibility index (Phi) is 16.2. The maximum Gasteiger partial charge on any atom is 0.261 e. The van der Waals surface area contributed by atoms with Gasteiger partial charge in [-0.25, -0.2) is 21.6 Å². The second kappa shape index (κ2) is 19.8. The number of hydrogen-bond acceptors (Lipinski definition) is 7. The van der Waals surface area contributed by atoms with Crippen molar-refractivity contribution in [1.82, 2.24) is 14.5 Å². The normalized spacial score (nSPS) is 16.4. The Morgan fingerprint density at radius 3 is 1.51 bits per heavy atom. The molecule has 51 heavy (non-hydrogen) atoms. The molecule has 0 saturated carbocycles. The minimum atomic E-state index is -3.59. The Bertz CT molecular complexity index is 1910. The quantitative estimate of drug-likeness (QED) is 0.173. The molecule has 2 saturated heterocycles. The first-order valence-corrected chi connectivity index (χ1v) is 22.3. The van der Waals surface area contributed by atoms with Crippen molar-refractivity contribution in [2.24, 2.45) is 5.73 Å². The maximum absolute atomic E-state index is 12.6. The summed E-state index contributed by atoms with van der Waals surface area (Å²) in [6.45, 7) is 9.80. The van der Waals surface area contributed by atoms with Crippen molar-refractivity contribution in [3.63, 3.8) is 0 Å². The molecular weight excluding hydrogens is 836 g/mol. The van der Waals surface area contributed by atoms with Crippen LogP contribution in [0.15, 0.2) is 116 Å². The number of nitrogens with two attached hydrogens (primary N) is 1. The van der Waals surface area contributed by atoms with E-state index in [1.165, 1.54) is 23.3 Å². The van der Waals surface area contributed by atoms with Crippen molar-refractivity contribution in [2.45, 2.75) is 74.5 Å². The number of sulfonamides is 1. The Balaban J connectivity index is 0.000000189. The van der Waals surface area contributed by atoms with E-state index in [0.29, 0.717) is 10.9 Å². The van der Waals surface area contributed by atoms with Gasteiger partial charge in [0.05, 0.1) is 9.79 Å². The molecule has 2 aliphatic rings. The van der Waals surface area contributed by atoms with Gasteiger partial charge in [0.15, 0.2) is 0 Å². The van der Waals surface area contributed by atoms with E-state index >= 15 is 0 Å². The number of nitrogens with zero attached hydrogens (tertiary/aromatic N) is 2. The third-order valence-electron chi connectivity index (χ3n) is 8.89. The molecule has 2 aliphatic heterocycles. The molecule has 13 heteroatoms. The molecule has 0 aromatic heterocycles. The maximum atomic E-state index is 12.6. The summed E-state index contributed by atoms with van der Waals surface area (Å²) in [5.74, 6) is 0. The van der Waals surface area contributed by atoms with Crippen molar-refractivity contribution in [2.75, 3.05) is 26.2 Å². The van der Waals surface area contributed by atoms with Gasteiger partial charge in [0.25, 0.3) is 9.05 Å². The van der Waals surface area contributed by atoms with Crippen LogP contribution in [0.3, 0.4) is 0 Å². The summed E-state index contributed by atoms with van der Waals surface area (Å²) in [6.07, 6.45) is 3.96. The summed E-state index contributed by atoms with van der Waals surface area (Å²) in [5, 5.41) is 0. The molecular formula is C38H47Br2ClN4O4S2. The number of aryl methyl sites for hydroxylation is 2. The van der Waals surface area contributed by atoms with Gasteiger partial charge in [0.1, 0.15) is 0 Å². The zero-order valence-electron chi connectivity index (χ0n) is 29.0. The van der Waals surface area contributed by atoms with Gasteiger partial charge in [-0.15, -0.1) is 0 Å². The summed E-state index contributed by atoms with van der Waals surface area (Å²) < 4.78 is 51.5. The lowest BCUT2D eigenvalue weighted by Crippen LogP contribution is -2.44. The first-order valence-electron chi connectivity index (χ1n) is 17.0. The molecule has 0 spiro atoms. The minimum absolute atomic E-state index is 0.000904. The van der Waals surface area contributed by atoms with Crippen LogP contribution in [-0.4, -0.2) is 64.9 Å². The number of rotatable bonds is 8. The Labute approximate surface area is 325 Å². The van der Waals surface area contributed by atoms with Crippen molar-refractivity contribution in [1.29, 1.82) is 0 Å². The number of hydrogen-bond donors (Lipinski definition) is 2. The average Bonchev–Trinajstić information content (AvgIpc) is 3.10. The molecule has 2 heterocycles. The summed E-state index contributed by atoms with van der Waals surface area (Å²) in [7, 11) is -1.92. The predicted octanol–water partition coefficient (Wildman–Crippen LogP) is 8.00. The minimum Gasteiger partial charge on any atom is -0.328 e. The number of benzene rings is 4. The van der Waals surface area contributed by atoms with Gasteiger partial charge in [-0.2, -0.15) is 0 Å². The fourth-order valence-electron chi connectivity index (χ4n) is 5.84. The highest BCUT2D eigenvalue weighted by molar-refractivity contribution is 9.10. The Hall–Kier alpha value is -2.13. The van der Waals surface area contributed by atoms with Crippen LogP contribution < -0.4 is 10.5 Å². The van der Waals surface area contributed by atoms with E-state index in [1.54, 1.807) is 31.2 Å². The fourth-order valence-corrected chi connectivity index (χ4v) is 8.56. The largest absolute Gasteiger partial charge is 0.328 e. The van der Waals surface area contributed by atoms with Crippen molar-refractivity contribution < 1.29 is 16.8 Å². The smallest absolute Gasteiger partial charge is 0.261 e. The molecule has 2 fully saturated rings. The zero-order valence-corrected chi connectivity index (χ0v) is 34.6. The van der Waals surface area contributed by atoms with Gasteiger partial charge in [0.2, 0.25) is 10.0 Å². The van der Waals surface area contributed by atoms with E-state index < -0.39 is 19.1 Å². The zero-order chi connectivity index (χ0) is 37.0. The van der Waals surface area contributed by atoms with Crippen LogP contribution in [0.1, 0.15) is 47.9 Å². The number of halogens is 3. The summed E-state index contributed by atoms with van der Waals surface area (Å²) in [6, 6.07) is 31.2. The second-order valence-electron chi connectivity index (χ2n) is 13.0. The third-order valence-corrected chi connectivity index (χ3v) is 13.5. The van der Waals surface area contributed by atoms with E-state index in [9.17, 15) is 16.8 Å². The summed E-state index contributed by atoms with van der Waals surface area (Å²) >= 11 is 6.67. The third kappa shape index (κ3) is 14.0. The number of nitrogens with one attached hydrogen (secondary N) is 1. The molecule has 0 atom stereocenters. The van der Waals surface area contributed by atoms with E-state index in [2.05, 4.69) is 101 Å². The molecule has 3 N–H and O–H groups in total. The van der Waals surface area contributed by atoms with Crippen molar-refractivity contribution >= 4 is 61.6 Å². The average molecular weight is 883 g/mol. The van der Waals surface area contributed by atoms with Crippen LogP contribution in [0.4, 0.5) is 0 Å². The Morgan fingerprint density at radius 2 is 1.08 bits per heavy atom. The van der Waals surface area contributed by atoms with Crippen LogP contribution in [-0.2, 0) is 32.2 Å². The molecule has 0 bridgehead atoms. The first kappa shape index (κ1) is 41.6. The lowest BCUT2D eigenvalue weighted by atomic mass is 10.1. The van der Waals surface area contributed by atoms with Gasteiger partial charge in [-0.05, 0) is 111 Å². The molecule has 276 valence electrons. The second-order valence-corrected chi connectivity index (χ2v) is 19.0. The molecule has 0 radical (unpaired) electrons. The van der Waals surface area contributed by atoms with E-state index in [-0.39, 0.29) is 10.9 Å². The number of likely N-dealkylation sites (tertiary alicyclic amines) is 2. The van der Waals surface area contributed by atoms with Gasteiger partial charge in [0, 0.05) is 57.9 Å². The van der Waals surface area contributed by atoms with Gasteiger partial charge in [-0.3, -0.25) is 9.80 Å². The summed E-state index contributed by atoms with van der Waals surface area (Å²) in [4.78, 5) is 5.33. The molecule has 0 unspecified atom stereocenters. The van der Waals surface area contributed by atoms with Gasteiger partial charge >= 0.3 is 0 Å². The van der Waals surface area contributed by atoms with Crippen LogP contribution in [0.2, 0.25) is 0 Å². The molecule has 4 aromatic carbocycles. The molecule has 8 nitrogen and oxygen atoms in total. The fraction of sp³-hybridized carbons (Fsp3) is 0.368. The van der Waals surface area contributed by atoms with E-state index in [4.69, 9.17) is 16.4 Å². The standard InChI is InChI=1S/C19H23BrN2O2S.C12H18N2.C7H6BrClO2S/c1-15-13-18(7-8-19(15)20)25(23,24)21-17-9-11-22(12-10-17)14-16-5-3-2-4-6-16;13-12-6-8-14(9-7-12)10-11-4-2-1-3-5-11;1-5-4-6(12(9,10)11)2-3-7(5)8/h2-8,13,17,21H,9-12,14H2,1H3;1-5,12H,6-10,13H2;2-4H,1H3. The molecule has 4 aromatic rings. The van der Waals surface area contributed by atoms with Crippen LogP contribution in [0.5, 0.6) is 0 Å². The lowest BCUT2D eigenvalue weighted by molar-refractivity contribution is 0.200. The first-order chi connectivity index (χ1) is 24.2. The van der Waals surface area contributed by atoms with E-state index in [1.807, 2.05) is 13.0 Å². The van der Waals surface area contributed by atoms with Gasteiger partial charge < -0.3 is 5.73 Å². The number of piperidine rings is 2. The highest BCUT2D eigenvalue weighted by atomic mass is 79.9. The SMILES string of the molecule is Cc1cc(S(=O)(=O)Cl)ccc1Br.Cc1cc(S(=O)(=O)NC2CCN(Cc3ccccc3)CC2)ccc1Br.NC1CCN(Cc2ccccc2)CC1. The van der Waals surface area contributed by atoms with E-state index in [0.717, 1.165) is 85.0 Å². The highest BCUT2D eigenvalue weighted by Crippen LogP contribution is 2.23. The van der Waals surface area contributed by atoms with Crippen LogP contribution in [0, 0.1) is 13.8 Å². The van der Waals surface area contributed by atoms with Crippen molar-refractivity contribution in [3.05, 3.63) is 128 Å². The summed E-state index contributed by atoms with van der Waals surface area (Å²) in [5.41, 5.74) is 10.3. The predicted molar refractivity (Wildman–Crippen MR) is 215 cm³/mol.